The van der Waals surface area contributed by atoms with Crippen LogP contribution in [-0.2, 0) is 0 Å². The Hall–Kier alpha value is -0.0800. The van der Waals surface area contributed by atoms with E-state index < -0.39 is 0 Å². The van der Waals surface area contributed by atoms with Crippen LogP contribution in [0.1, 0.15) is 117 Å². The van der Waals surface area contributed by atoms with E-state index in [4.69, 9.17) is 0 Å². The molecule has 0 heterocycles. The maximum Gasteiger partial charge on any atom is 0.0571 e. The summed E-state index contributed by atoms with van der Waals surface area (Å²) in [5, 5.41) is 21.6. The Morgan fingerprint density at radius 3 is 2.07 bits per heavy atom. The monoisotopic (exact) mass is 392 g/mol. The number of hydrogen-bond acceptors (Lipinski definition) is 2. The molecule has 164 valence electrons. The second kappa shape index (κ2) is 11.3. The van der Waals surface area contributed by atoms with E-state index in [0.717, 1.165) is 49.9 Å². The molecule has 2 N–H and O–H groups in total. The predicted octanol–water partition coefficient (Wildman–Crippen LogP) is 6.73. The molecule has 5 atom stereocenters. The third-order valence-electron chi connectivity index (χ3n) is 8.92. The minimum atomic E-state index is -0.145. The molecule has 0 spiro atoms. The topological polar surface area (TPSA) is 40.5 Å². The van der Waals surface area contributed by atoms with Crippen molar-refractivity contribution < 1.29 is 10.2 Å². The Morgan fingerprint density at radius 1 is 0.750 bits per heavy atom. The van der Waals surface area contributed by atoms with Crippen molar-refractivity contribution in [1.82, 2.24) is 0 Å². The van der Waals surface area contributed by atoms with E-state index in [-0.39, 0.29) is 12.2 Å². The summed E-state index contributed by atoms with van der Waals surface area (Å²) in [6.07, 6.45) is 20.2. The van der Waals surface area contributed by atoms with Crippen LogP contribution in [0.4, 0.5) is 0 Å². The van der Waals surface area contributed by atoms with Crippen LogP contribution in [0.15, 0.2) is 0 Å². The number of aliphatic hydroxyl groups is 2. The van der Waals surface area contributed by atoms with Crippen LogP contribution in [0.2, 0.25) is 0 Å². The first-order chi connectivity index (χ1) is 13.6. The summed E-state index contributed by atoms with van der Waals surface area (Å²) in [7, 11) is 0. The first-order valence-corrected chi connectivity index (χ1v) is 12.9. The van der Waals surface area contributed by atoms with Crippen molar-refractivity contribution in [3.05, 3.63) is 0 Å². The molecule has 3 rings (SSSR count). The number of hydrogen-bond donors (Lipinski definition) is 2. The van der Waals surface area contributed by atoms with E-state index >= 15 is 0 Å². The molecular formula is C26H48O2. The molecule has 0 aromatic carbocycles. The van der Waals surface area contributed by atoms with Gasteiger partial charge in [-0.1, -0.05) is 58.8 Å². The fourth-order valence-electron chi connectivity index (χ4n) is 7.06. The van der Waals surface area contributed by atoms with Crippen molar-refractivity contribution in [2.24, 2.45) is 35.5 Å². The molecule has 3 fully saturated rings. The van der Waals surface area contributed by atoms with Crippen molar-refractivity contribution in [2.45, 2.75) is 129 Å². The summed E-state index contributed by atoms with van der Waals surface area (Å²) in [5.41, 5.74) is 0. The molecule has 0 saturated heterocycles. The van der Waals surface area contributed by atoms with E-state index in [1.165, 1.54) is 70.6 Å². The maximum absolute atomic E-state index is 10.8. The van der Waals surface area contributed by atoms with Crippen LogP contribution < -0.4 is 0 Å². The van der Waals surface area contributed by atoms with Gasteiger partial charge in [0.05, 0.1) is 12.2 Å². The zero-order chi connectivity index (χ0) is 19.9. The first-order valence-electron chi connectivity index (χ1n) is 12.9. The van der Waals surface area contributed by atoms with Crippen LogP contribution >= 0.6 is 0 Å². The van der Waals surface area contributed by atoms with Gasteiger partial charge in [0.2, 0.25) is 0 Å². The fraction of sp³-hybridized carbons (Fsp3) is 1.00. The maximum atomic E-state index is 10.8. The predicted molar refractivity (Wildman–Crippen MR) is 118 cm³/mol. The van der Waals surface area contributed by atoms with Crippen molar-refractivity contribution in [3.63, 3.8) is 0 Å². The lowest BCUT2D eigenvalue weighted by atomic mass is 9.64. The molecule has 2 heteroatoms. The molecule has 0 radical (unpaired) electrons. The van der Waals surface area contributed by atoms with Gasteiger partial charge < -0.3 is 10.2 Å². The van der Waals surface area contributed by atoms with Crippen molar-refractivity contribution in [2.75, 3.05) is 0 Å². The molecule has 3 aliphatic rings. The molecular weight excluding hydrogens is 344 g/mol. The highest BCUT2D eigenvalue weighted by Gasteiger charge is 2.39. The standard InChI is InChI=1S/C26H48O2/c1-3-7-19(2)10-16-25(27)23-15-17-26(28)24(18-23)22-13-11-21(12-14-22)20-8-5-4-6-9-20/h19-28H,3-18H2,1-2H3/t19-,21?,22?,23?,24?,25-,26?/m1/s1. The summed E-state index contributed by atoms with van der Waals surface area (Å²) in [6, 6.07) is 0. The van der Waals surface area contributed by atoms with Gasteiger partial charge in [0, 0.05) is 0 Å². The van der Waals surface area contributed by atoms with Gasteiger partial charge in [-0.05, 0) is 93.3 Å². The molecule has 2 nitrogen and oxygen atoms in total. The third-order valence-corrected chi connectivity index (χ3v) is 8.92. The Bertz CT molecular complexity index is 422. The highest BCUT2D eigenvalue weighted by atomic mass is 16.3. The lowest BCUT2D eigenvalue weighted by molar-refractivity contribution is -0.0328. The normalized spacial score (nSPS) is 37.5. The highest BCUT2D eigenvalue weighted by Crippen LogP contribution is 2.46. The average molecular weight is 393 g/mol. The van der Waals surface area contributed by atoms with Crippen LogP contribution in [0.5, 0.6) is 0 Å². The van der Waals surface area contributed by atoms with Gasteiger partial charge in [0.1, 0.15) is 0 Å². The van der Waals surface area contributed by atoms with Crippen molar-refractivity contribution in [3.8, 4) is 0 Å². The van der Waals surface area contributed by atoms with E-state index in [1.807, 2.05) is 0 Å². The third kappa shape index (κ3) is 6.21. The summed E-state index contributed by atoms with van der Waals surface area (Å²) < 4.78 is 0. The second-order valence-electron chi connectivity index (χ2n) is 10.9. The van der Waals surface area contributed by atoms with Gasteiger partial charge >= 0.3 is 0 Å². The Balaban J connectivity index is 1.45. The van der Waals surface area contributed by atoms with Gasteiger partial charge in [0.25, 0.3) is 0 Å². The lowest BCUT2D eigenvalue weighted by Gasteiger charge is -2.43. The van der Waals surface area contributed by atoms with E-state index in [0.29, 0.717) is 17.8 Å². The lowest BCUT2D eigenvalue weighted by Crippen LogP contribution is -2.39. The first kappa shape index (κ1) is 22.6. The summed E-state index contributed by atoms with van der Waals surface area (Å²) in [6.45, 7) is 4.58. The molecule has 0 aromatic heterocycles. The van der Waals surface area contributed by atoms with Crippen molar-refractivity contribution >= 4 is 0 Å². The molecule has 3 saturated carbocycles. The number of rotatable bonds is 8. The Morgan fingerprint density at radius 2 is 1.39 bits per heavy atom. The highest BCUT2D eigenvalue weighted by molar-refractivity contribution is 4.90. The zero-order valence-corrected chi connectivity index (χ0v) is 18.8. The van der Waals surface area contributed by atoms with E-state index in [2.05, 4.69) is 13.8 Å². The van der Waals surface area contributed by atoms with Gasteiger partial charge in [-0.15, -0.1) is 0 Å². The molecule has 28 heavy (non-hydrogen) atoms. The SMILES string of the molecule is CCC[C@@H](C)CC[C@@H](O)C1CCC(O)C(C2CCC(C3CCCCC3)CC2)C1. The summed E-state index contributed by atoms with van der Waals surface area (Å²) >= 11 is 0. The van der Waals surface area contributed by atoms with Gasteiger partial charge in [-0.25, -0.2) is 0 Å². The van der Waals surface area contributed by atoms with E-state index in [1.54, 1.807) is 0 Å². The molecule has 0 amide bonds. The second-order valence-corrected chi connectivity index (χ2v) is 10.9. The molecule has 3 aliphatic carbocycles. The fourth-order valence-corrected chi connectivity index (χ4v) is 7.06. The van der Waals surface area contributed by atoms with Gasteiger partial charge in [-0.2, -0.15) is 0 Å². The smallest absolute Gasteiger partial charge is 0.0571 e. The minimum absolute atomic E-state index is 0.112. The Labute approximate surface area is 174 Å². The molecule has 0 aliphatic heterocycles. The van der Waals surface area contributed by atoms with Gasteiger partial charge in [-0.3, -0.25) is 0 Å². The van der Waals surface area contributed by atoms with Crippen LogP contribution in [0, 0.1) is 35.5 Å². The van der Waals surface area contributed by atoms with E-state index in [9.17, 15) is 10.2 Å². The molecule has 3 unspecified atom stereocenters. The minimum Gasteiger partial charge on any atom is -0.393 e. The average Bonchev–Trinajstić information content (AvgIpc) is 2.73. The quantitative estimate of drug-likeness (QED) is 0.481. The zero-order valence-electron chi connectivity index (χ0n) is 18.8. The largest absolute Gasteiger partial charge is 0.393 e. The van der Waals surface area contributed by atoms with Gasteiger partial charge in [0.15, 0.2) is 0 Å². The summed E-state index contributed by atoms with van der Waals surface area (Å²) in [4.78, 5) is 0. The van der Waals surface area contributed by atoms with Crippen LogP contribution in [0.3, 0.4) is 0 Å². The van der Waals surface area contributed by atoms with Crippen LogP contribution in [-0.4, -0.2) is 22.4 Å². The molecule has 0 aromatic rings. The number of aliphatic hydroxyl groups excluding tert-OH is 2. The Kier molecular flexibility index (Phi) is 9.16. The molecule has 0 bridgehead atoms. The van der Waals surface area contributed by atoms with Crippen LogP contribution in [0.25, 0.3) is 0 Å². The summed E-state index contributed by atoms with van der Waals surface area (Å²) in [5.74, 6) is 4.31. The van der Waals surface area contributed by atoms with Crippen molar-refractivity contribution in [1.29, 1.82) is 0 Å².